The lowest BCUT2D eigenvalue weighted by Crippen LogP contribution is -2.46. The highest BCUT2D eigenvalue weighted by Crippen LogP contribution is 2.28. The molecule has 3 atom stereocenters. The Morgan fingerprint density at radius 2 is 2.00 bits per heavy atom. The minimum Gasteiger partial charge on any atom is -0.459 e. The van der Waals surface area contributed by atoms with Gasteiger partial charge in [-0.1, -0.05) is 24.3 Å². The quantitative estimate of drug-likeness (QED) is 0.557. The van der Waals surface area contributed by atoms with E-state index in [9.17, 15) is 14.0 Å². The zero-order valence-electron chi connectivity index (χ0n) is 15.9. The van der Waals surface area contributed by atoms with E-state index in [2.05, 4.69) is 6.58 Å². The third kappa shape index (κ3) is 6.06. The van der Waals surface area contributed by atoms with Crippen molar-refractivity contribution in [1.29, 1.82) is 0 Å². The Hall–Kier alpha value is -2.41. The van der Waals surface area contributed by atoms with Crippen LogP contribution in [0.2, 0.25) is 0 Å². The highest BCUT2D eigenvalue weighted by Gasteiger charge is 2.42. The Morgan fingerprint density at radius 3 is 2.59 bits per heavy atom. The lowest BCUT2D eigenvalue weighted by molar-refractivity contribution is -0.0852. The average Bonchev–Trinajstić information content (AvgIpc) is 2.97. The van der Waals surface area contributed by atoms with Crippen LogP contribution < -0.4 is 0 Å². The fourth-order valence-electron chi connectivity index (χ4n) is 2.65. The van der Waals surface area contributed by atoms with E-state index >= 15 is 0 Å². The third-order valence-electron chi connectivity index (χ3n) is 3.80. The van der Waals surface area contributed by atoms with Crippen molar-refractivity contribution in [1.82, 2.24) is 4.90 Å². The van der Waals surface area contributed by atoms with Crippen molar-refractivity contribution in [2.75, 3.05) is 13.2 Å². The van der Waals surface area contributed by atoms with Crippen LogP contribution in [0.4, 0.5) is 9.18 Å². The summed E-state index contributed by atoms with van der Waals surface area (Å²) >= 11 is 0. The molecule has 0 aliphatic carbocycles. The van der Waals surface area contributed by atoms with Crippen molar-refractivity contribution < 1.29 is 28.2 Å². The first-order valence-electron chi connectivity index (χ1n) is 8.83. The van der Waals surface area contributed by atoms with Gasteiger partial charge in [0.25, 0.3) is 0 Å². The van der Waals surface area contributed by atoms with Crippen molar-refractivity contribution in [2.45, 2.75) is 51.3 Å². The van der Waals surface area contributed by atoms with E-state index in [0.29, 0.717) is 5.56 Å². The van der Waals surface area contributed by atoms with Crippen molar-refractivity contribution in [3.8, 4) is 0 Å². The molecule has 0 bridgehead atoms. The van der Waals surface area contributed by atoms with Gasteiger partial charge in [0, 0.05) is 13.0 Å². The summed E-state index contributed by atoms with van der Waals surface area (Å²) in [5.41, 5.74) is -0.309. The molecule has 1 aliphatic heterocycles. The van der Waals surface area contributed by atoms with E-state index in [1.54, 1.807) is 51.1 Å². The molecule has 1 aromatic rings. The van der Waals surface area contributed by atoms with Gasteiger partial charge in [0.1, 0.15) is 18.4 Å². The second-order valence-corrected chi connectivity index (χ2v) is 7.29. The number of benzene rings is 1. The van der Waals surface area contributed by atoms with Crippen LogP contribution in [0.15, 0.2) is 43.0 Å². The summed E-state index contributed by atoms with van der Waals surface area (Å²) in [5.74, 6) is -0.506. The van der Waals surface area contributed by atoms with Crippen LogP contribution in [-0.4, -0.2) is 54.2 Å². The number of carbonyl (C=O) groups excluding carboxylic acids is 2. The summed E-state index contributed by atoms with van der Waals surface area (Å²) in [4.78, 5) is 25.5. The Kier molecular flexibility index (Phi) is 6.96. The molecule has 0 N–H and O–H groups in total. The van der Waals surface area contributed by atoms with Gasteiger partial charge in [-0.05, 0) is 32.9 Å². The highest BCUT2D eigenvalue weighted by molar-refractivity contribution is 5.89. The number of esters is 1. The van der Waals surface area contributed by atoms with Crippen molar-refractivity contribution in [3.05, 3.63) is 48.6 Å². The largest absolute Gasteiger partial charge is 0.459 e. The molecule has 148 valence electrons. The highest BCUT2D eigenvalue weighted by atomic mass is 19.1. The maximum Gasteiger partial charge on any atom is 0.412 e. The fourth-order valence-corrected chi connectivity index (χ4v) is 2.65. The molecular weight excluding hydrogens is 353 g/mol. The number of hydrogen-bond donors (Lipinski definition) is 0. The normalized spacial score (nSPS) is 22.1. The fraction of sp³-hybridized carbons (Fsp3) is 0.500. The molecule has 2 rings (SSSR count). The Labute approximate surface area is 158 Å². The van der Waals surface area contributed by atoms with Gasteiger partial charge in [-0.3, -0.25) is 4.90 Å². The Morgan fingerprint density at radius 1 is 1.33 bits per heavy atom. The van der Waals surface area contributed by atoms with E-state index < -0.39 is 36.2 Å². The standard InChI is InChI=1S/C20H26FNO5/c1-5-11-22(19(24)27-20(2,3)4)17-16(21)12-15(26-17)13-25-18(23)14-9-7-6-8-10-14/h5-10,15-17H,1,11-13H2,2-4H3. The number of amides is 1. The second-order valence-electron chi connectivity index (χ2n) is 7.29. The zero-order chi connectivity index (χ0) is 20.0. The molecule has 27 heavy (non-hydrogen) atoms. The maximum atomic E-state index is 14.5. The van der Waals surface area contributed by atoms with E-state index in [0.717, 1.165) is 4.90 Å². The van der Waals surface area contributed by atoms with E-state index in [4.69, 9.17) is 14.2 Å². The van der Waals surface area contributed by atoms with Gasteiger partial charge in [-0.15, -0.1) is 6.58 Å². The SMILES string of the molecule is C=CCN(C(=O)OC(C)(C)C)C1OC(COC(=O)c2ccccc2)CC1F. The molecule has 1 aromatic carbocycles. The smallest absolute Gasteiger partial charge is 0.412 e. The summed E-state index contributed by atoms with van der Waals surface area (Å²) in [6, 6.07) is 8.51. The summed E-state index contributed by atoms with van der Waals surface area (Å²) in [6.45, 7) is 8.76. The molecule has 3 unspecified atom stereocenters. The molecule has 1 amide bonds. The first-order valence-corrected chi connectivity index (χ1v) is 8.83. The molecule has 7 heteroatoms. The van der Waals surface area contributed by atoms with Crippen molar-refractivity contribution in [3.63, 3.8) is 0 Å². The topological polar surface area (TPSA) is 65.1 Å². The lowest BCUT2D eigenvalue weighted by atomic mass is 10.2. The first-order chi connectivity index (χ1) is 12.7. The van der Waals surface area contributed by atoms with Crippen molar-refractivity contribution >= 4 is 12.1 Å². The monoisotopic (exact) mass is 379 g/mol. The summed E-state index contributed by atoms with van der Waals surface area (Å²) in [7, 11) is 0. The summed E-state index contributed by atoms with van der Waals surface area (Å²) in [5, 5.41) is 0. The average molecular weight is 379 g/mol. The molecule has 1 fully saturated rings. The molecule has 0 spiro atoms. The van der Waals surface area contributed by atoms with Crippen LogP contribution in [0.1, 0.15) is 37.6 Å². The van der Waals surface area contributed by atoms with E-state index in [1.165, 1.54) is 6.08 Å². The van der Waals surface area contributed by atoms with E-state index in [1.807, 2.05) is 0 Å². The minimum atomic E-state index is -1.42. The van der Waals surface area contributed by atoms with Crippen LogP contribution in [0.5, 0.6) is 0 Å². The van der Waals surface area contributed by atoms with Gasteiger partial charge in [-0.2, -0.15) is 0 Å². The van der Waals surface area contributed by atoms with Gasteiger partial charge < -0.3 is 14.2 Å². The minimum absolute atomic E-state index is 0.0170. The number of halogens is 1. The Bertz CT molecular complexity index is 658. The molecule has 1 saturated heterocycles. The molecule has 6 nitrogen and oxygen atoms in total. The number of rotatable bonds is 6. The molecule has 0 radical (unpaired) electrons. The second kappa shape index (κ2) is 8.99. The maximum absolute atomic E-state index is 14.5. The lowest BCUT2D eigenvalue weighted by Gasteiger charge is -2.31. The number of hydrogen-bond acceptors (Lipinski definition) is 5. The Balaban J connectivity index is 1.95. The van der Waals surface area contributed by atoms with Crippen LogP contribution in [0.25, 0.3) is 0 Å². The van der Waals surface area contributed by atoms with Gasteiger partial charge >= 0.3 is 12.1 Å². The molecule has 1 aliphatic rings. The first kappa shape index (κ1) is 20.9. The summed E-state index contributed by atoms with van der Waals surface area (Å²) < 4.78 is 30.7. The number of nitrogens with zero attached hydrogens (tertiary/aromatic N) is 1. The zero-order valence-corrected chi connectivity index (χ0v) is 15.9. The van der Waals surface area contributed by atoms with Gasteiger partial charge in [0.15, 0.2) is 6.23 Å². The number of ether oxygens (including phenoxy) is 3. The van der Waals surface area contributed by atoms with Gasteiger partial charge in [0.2, 0.25) is 0 Å². The predicted molar refractivity (Wildman–Crippen MR) is 98.0 cm³/mol. The van der Waals surface area contributed by atoms with Crippen LogP contribution in [0.3, 0.4) is 0 Å². The van der Waals surface area contributed by atoms with Crippen LogP contribution in [0, 0.1) is 0 Å². The van der Waals surface area contributed by atoms with Crippen molar-refractivity contribution in [2.24, 2.45) is 0 Å². The van der Waals surface area contributed by atoms with E-state index in [-0.39, 0.29) is 19.6 Å². The molecule has 0 saturated carbocycles. The van der Waals surface area contributed by atoms with Crippen LogP contribution in [-0.2, 0) is 14.2 Å². The predicted octanol–water partition coefficient (Wildman–Crippen LogP) is 3.72. The molecule has 0 aromatic heterocycles. The van der Waals surface area contributed by atoms with Gasteiger partial charge in [-0.25, -0.2) is 14.0 Å². The number of carbonyl (C=O) groups is 2. The number of alkyl halides is 1. The molecule has 1 heterocycles. The molecular formula is C20H26FNO5. The third-order valence-corrected chi connectivity index (χ3v) is 3.80. The summed E-state index contributed by atoms with van der Waals surface area (Å²) in [6.07, 6.45) is -2.37. The van der Waals surface area contributed by atoms with Gasteiger partial charge in [0.05, 0.1) is 11.7 Å². The van der Waals surface area contributed by atoms with Crippen LogP contribution >= 0.6 is 0 Å².